The van der Waals surface area contributed by atoms with Gasteiger partial charge in [-0.3, -0.25) is 0 Å². The van der Waals surface area contributed by atoms with E-state index in [1.807, 2.05) is 0 Å². The summed E-state index contributed by atoms with van der Waals surface area (Å²) in [5.74, 6) is 0.770. The van der Waals surface area contributed by atoms with Gasteiger partial charge in [-0.2, -0.15) is 0 Å². The number of rotatable bonds is 9. The molecule has 0 amide bonds. The molecule has 1 rings (SSSR count). The Kier molecular flexibility index (Phi) is 8.69. The van der Waals surface area contributed by atoms with Crippen LogP contribution in [0.5, 0.6) is 0 Å². The van der Waals surface area contributed by atoms with Gasteiger partial charge in [-0.15, -0.1) is 0 Å². The molecule has 25 heavy (non-hydrogen) atoms. The quantitative estimate of drug-likeness (QED) is 0.395. The van der Waals surface area contributed by atoms with Crippen molar-refractivity contribution in [3.8, 4) is 0 Å². The molecule has 2 nitrogen and oxygen atoms in total. The second-order valence-corrected chi connectivity index (χ2v) is 15.7. The van der Waals surface area contributed by atoms with Crippen LogP contribution in [0.3, 0.4) is 0 Å². The number of hydrogen-bond donors (Lipinski definition) is 0. The van der Waals surface area contributed by atoms with Gasteiger partial charge >= 0.3 is 0 Å². The Morgan fingerprint density at radius 3 is 1.92 bits per heavy atom. The Morgan fingerprint density at radius 2 is 1.48 bits per heavy atom. The average molecular weight is 371 g/mol. The summed E-state index contributed by atoms with van der Waals surface area (Å²) in [6.45, 7) is 23.4. The molecule has 0 spiro atoms. The summed E-state index contributed by atoms with van der Waals surface area (Å²) >= 11 is 0. The molecule has 1 aliphatic heterocycles. The third-order valence-electron chi connectivity index (χ3n) is 6.25. The molecule has 1 aliphatic rings. The van der Waals surface area contributed by atoms with E-state index in [0.29, 0.717) is 22.7 Å². The topological polar surface area (TPSA) is 18.5 Å². The Morgan fingerprint density at radius 1 is 0.960 bits per heavy atom. The van der Waals surface area contributed by atoms with Crippen molar-refractivity contribution in [1.29, 1.82) is 0 Å². The molecule has 0 aromatic rings. The number of ether oxygens (including phenoxy) is 1. The van der Waals surface area contributed by atoms with Crippen LogP contribution in [0.1, 0.15) is 101 Å². The minimum atomic E-state index is -1.84. The van der Waals surface area contributed by atoms with Crippen LogP contribution in [0.4, 0.5) is 0 Å². The maximum atomic E-state index is 7.14. The Bertz CT molecular complexity index is 366. The summed E-state index contributed by atoms with van der Waals surface area (Å²) in [5, 5.41) is 0. The molecule has 1 heterocycles. The van der Waals surface area contributed by atoms with E-state index in [1.54, 1.807) is 0 Å². The molecule has 2 atom stereocenters. The normalized spacial score (nSPS) is 24.7. The molecule has 1 fully saturated rings. The van der Waals surface area contributed by atoms with Crippen molar-refractivity contribution in [2.45, 2.75) is 136 Å². The molecular weight excluding hydrogens is 324 g/mol. The zero-order chi connectivity index (χ0) is 19.4. The predicted octanol–water partition coefficient (Wildman–Crippen LogP) is 7.33. The van der Waals surface area contributed by atoms with Gasteiger partial charge in [0.25, 0.3) is 0 Å². The highest BCUT2D eigenvalue weighted by Crippen LogP contribution is 2.45. The SMILES string of the molecule is CC(C)CCC[C@H]1OC(C)(C)CC[C@H]1O[Si](C(C)C)(C(C)C)C(C)C. The van der Waals surface area contributed by atoms with E-state index in [1.165, 1.54) is 12.8 Å². The molecule has 3 heteroatoms. The van der Waals surface area contributed by atoms with Crippen LogP contribution in [0, 0.1) is 5.92 Å². The lowest BCUT2D eigenvalue weighted by atomic mass is 9.90. The van der Waals surface area contributed by atoms with E-state index in [0.717, 1.165) is 25.2 Å². The lowest BCUT2D eigenvalue weighted by Crippen LogP contribution is -2.55. The van der Waals surface area contributed by atoms with E-state index in [2.05, 4.69) is 69.2 Å². The van der Waals surface area contributed by atoms with Gasteiger partial charge in [0.05, 0.1) is 17.8 Å². The third kappa shape index (κ3) is 6.07. The lowest BCUT2D eigenvalue weighted by molar-refractivity contribution is -0.158. The first-order valence-corrected chi connectivity index (χ1v) is 12.9. The molecule has 0 N–H and O–H groups in total. The predicted molar refractivity (Wildman–Crippen MR) is 113 cm³/mol. The van der Waals surface area contributed by atoms with Gasteiger partial charge in [0.2, 0.25) is 8.32 Å². The molecule has 0 aromatic heterocycles. The first kappa shape index (κ1) is 23.2. The van der Waals surface area contributed by atoms with Gasteiger partial charge in [0.15, 0.2) is 0 Å². The van der Waals surface area contributed by atoms with Gasteiger partial charge in [-0.25, -0.2) is 0 Å². The highest BCUT2D eigenvalue weighted by Gasteiger charge is 2.49. The smallest absolute Gasteiger partial charge is 0.200 e. The van der Waals surface area contributed by atoms with E-state index in [-0.39, 0.29) is 11.7 Å². The Labute approximate surface area is 159 Å². The minimum Gasteiger partial charge on any atom is -0.410 e. The van der Waals surface area contributed by atoms with E-state index in [9.17, 15) is 0 Å². The Balaban J connectivity index is 2.96. The fraction of sp³-hybridized carbons (Fsp3) is 1.00. The first-order chi connectivity index (χ1) is 11.4. The molecule has 0 bridgehead atoms. The van der Waals surface area contributed by atoms with Crippen molar-refractivity contribution in [1.82, 2.24) is 0 Å². The Hall–Kier alpha value is 0.137. The van der Waals surface area contributed by atoms with Crippen LogP contribution in [-0.2, 0) is 9.16 Å². The molecule has 0 aliphatic carbocycles. The second kappa shape index (κ2) is 9.37. The highest BCUT2D eigenvalue weighted by atomic mass is 28.4. The van der Waals surface area contributed by atoms with Gasteiger partial charge in [-0.05, 0) is 55.7 Å². The largest absolute Gasteiger partial charge is 0.410 e. The molecular formula is C22H46O2Si. The van der Waals surface area contributed by atoms with Crippen LogP contribution in [0.15, 0.2) is 0 Å². The summed E-state index contributed by atoms with van der Waals surface area (Å²) in [7, 11) is -1.84. The summed E-state index contributed by atoms with van der Waals surface area (Å²) in [4.78, 5) is 0. The third-order valence-corrected chi connectivity index (χ3v) is 12.4. The molecule has 0 unspecified atom stereocenters. The zero-order valence-corrected chi connectivity index (χ0v) is 19.8. The van der Waals surface area contributed by atoms with Gasteiger partial charge < -0.3 is 9.16 Å². The van der Waals surface area contributed by atoms with Crippen molar-refractivity contribution in [2.24, 2.45) is 5.92 Å². The standard InChI is InChI=1S/C22H46O2Si/c1-16(2)12-11-13-20-21(14-15-22(9,10)23-20)24-25(17(3)4,18(5)6)19(7)8/h16-21H,11-15H2,1-10H3/t20-,21-/m1/s1. The second-order valence-electron chi connectivity index (χ2n) is 10.3. The number of hydrogen-bond acceptors (Lipinski definition) is 2. The fourth-order valence-electron chi connectivity index (χ4n) is 5.00. The minimum absolute atomic E-state index is 0.0000646. The van der Waals surface area contributed by atoms with Gasteiger partial charge in [0, 0.05) is 0 Å². The van der Waals surface area contributed by atoms with Crippen molar-refractivity contribution in [3.05, 3.63) is 0 Å². The van der Waals surface area contributed by atoms with Crippen LogP contribution >= 0.6 is 0 Å². The van der Waals surface area contributed by atoms with E-state index < -0.39 is 8.32 Å². The fourth-order valence-corrected chi connectivity index (χ4v) is 10.6. The molecule has 0 aromatic carbocycles. The molecule has 150 valence electrons. The van der Waals surface area contributed by atoms with Crippen molar-refractivity contribution in [3.63, 3.8) is 0 Å². The van der Waals surface area contributed by atoms with Crippen LogP contribution < -0.4 is 0 Å². The van der Waals surface area contributed by atoms with Crippen LogP contribution in [-0.4, -0.2) is 26.1 Å². The van der Waals surface area contributed by atoms with Crippen LogP contribution in [0.2, 0.25) is 16.6 Å². The van der Waals surface area contributed by atoms with E-state index >= 15 is 0 Å². The van der Waals surface area contributed by atoms with Gasteiger partial charge in [0.1, 0.15) is 0 Å². The molecule has 0 saturated carbocycles. The van der Waals surface area contributed by atoms with Crippen molar-refractivity contribution >= 4 is 8.32 Å². The summed E-state index contributed by atoms with van der Waals surface area (Å²) in [6.07, 6.45) is 6.50. The lowest BCUT2D eigenvalue weighted by Gasteiger charge is -2.49. The first-order valence-electron chi connectivity index (χ1n) is 10.8. The maximum absolute atomic E-state index is 7.14. The summed E-state index contributed by atoms with van der Waals surface area (Å²) < 4.78 is 13.7. The highest BCUT2D eigenvalue weighted by molar-refractivity contribution is 6.77. The zero-order valence-electron chi connectivity index (χ0n) is 18.8. The van der Waals surface area contributed by atoms with Crippen LogP contribution in [0.25, 0.3) is 0 Å². The summed E-state index contributed by atoms with van der Waals surface area (Å²) in [6, 6.07) is 0. The van der Waals surface area contributed by atoms with E-state index in [4.69, 9.17) is 9.16 Å². The van der Waals surface area contributed by atoms with Crippen molar-refractivity contribution in [2.75, 3.05) is 0 Å². The monoisotopic (exact) mass is 370 g/mol. The molecule has 0 radical (unpaired) electrons. The molecule has 1 saturated heterocycles. The maximum Gasteiger partial charge on any atom is 0.200 e. The average Bonchev–Trinajstić information content (AvgIpc) is 2.44. The van der Waals surface area contributed by atoms with Gasteiger partial charge in [-0.1, -0.05) is 68.2 Å². The van der Waals surface area contributed by atoms with Crippen molar-refractivity contribution < 1.29 is 9.16 Å². The summed E-state index contributed by atoms with van der Waals surface area (Å²) in [5.41, 5.74) is 1.91.